The van der Waals surface area contributed by atoms with Crippen LogP contribution in [0.4, 0.5) is 0 Å². The van der Waals surface area contributed by atoms with Crippen molar-refractivity contribution in [1.82, 2.24) is 0 Å². The minimum absolute atomic E-state index is 0.0111. The highest BCUT2D eigenvalue weighted by molar-refractivity contribution is 6.17. The molecule has 0 aliphatic heterocycles. The Balaban J connectivity index is 1.99. The van der Waals surface area contributed by atoms with E-state index in [4.69, 9.17) is 0 Å². The summed E-state index contributed by atoms with van der Waals surface area (Å²) in [4.78, 5) is 25.5. The standard InChI is InChI=1S/C18H14O7/c19-13-9-5-1-2-6-10(9)14(20)16(13,22)17(23)15(21)11-7-3-4-8-12(11)18(17,24)25/h1-8,13,19,22-25H. The van der Waals surface area contributed by atoms with Gasteiger partial charge in [-0.1, -0.05) is 48.5 Å². The number of fused-ring (bicyclic) bond motifs is 2. The number of ketones is 2. The largest absolute Gasteiger partial charge is 0.385 e. The highest BCUT2D eigenvalue weighted by Crippen LogP contribution is 2.55. The third-order valence-corrected chi connectivity index (χ3v) is 5.17. The number of benzene rings is 2. The molecular weight excluding hydrogens is 328 g/mol. The van der Waals surface area contributed by atoms with Crippen LogP contribution < -0.4 is 0 Å². The predicted molar refractivity (Wildman–Crippen MR) is 82.5 cm³/mol. The van der Waals surface area contributed by atoms with Crippen molar-refractivity contribution in [2.24, 2.45) is 0 Å². The molecule has 3 unspecified atom stereocenters. The van der Waals surface area contributed by atoms with Crippen LogP contribution in [0.5, 0.6) is 0 Å². The van der Waals surface area contributed by atoms with Crippen LogP contribution in [0, 0.1) is 0 Å². The van der Waals surface area contributed by atoms with Gasteiger partial charge in [0.2, 0.25) is 23.0 Å². The highest BCUT2D eigenvalue weighted by atomic mass is 16.5. The van der Waals surface area contributed by atoms with Crippen molar-refractivity contribution in [2.45, 2.75) is 23.1 Å². The summed E-state index contributed by atoms with van der Waals surface area (Å²) in [7, 11) is 0. The normalized spacial score (nSPS) is 32.6. The monoisotopic (exact) mass is 342 g/mol. The van der Waals surface area contributed by atoms with E-state index in [0.717, 1.165) is 0 Å². The first kappa shape index (κ1) is 16.1. The molecule has 2 aromatic carbocycles. The summed E-state index contributed by atoms with van der Waals surface area (Å²) in [5, 5.41) is 53.6. The van der Waals surface area contributed by atoms with Crippen molar-refractivity contribution in [3.63, 3.8) is 0 Å². The van der Waals surface area contributed by atoms with Gasteiger partial charge in [-0.05, 0) is 5.56 Å². The van der Waals surface area contributed by atoms with Gasteiger partial charge in [-0.2, -0.15) is 0 Å². The fourth-order valence-corrected chi connectivity index (χ4v) is 3.83. The van der Waals surface area contributed by atoms with Gasteiger partial charge in [0.05, 0.1) is 0 Å². The lowest BCUT2D eigenvalue weighted by Gasteiger charge is -2.43. The second-order valence-corrected chi connectivity index (χ2v) is 6.34. The molecule has 4 rings (SSSR count). The number of hydrogen-bond donors (Lipinski definition) is 5. The van der Waals surface area contributed by atoms with Crippen LogP contribution in [0.15, 0.2) is 48.5 Å². The smallest absolute Gasteiger partial charge is 0.231 e. The molecule has 0 radical (unpaired) electrons. The van der Waals surface area contributed by atoms with Crippen LogP contribution in [0.3, 0.4) is 0 Å². The summed E-state index contributed by atoms with van der Waals surface area (Å²) in [5.74, 6) is -5.68. The van der Waals surface area contributed by atoms with Gasteiger partial charge >= 0.3 is 0 Å². The maximum Gasteiger partial charge on any atom is 0.231 e. The molecule has 7 heteroatoms. The summed E-state index contributed by atoms with van der Waals surface area (Å²) in [6.45, 7) is 0. The van der Waals surface area contributed by atoms with E-state index in [9.17, 15) is 35.1 Å². The molecule has 0 aromatic heterocycles. The molecule has 0 fully saturated rings. The summed E-state index contributed by atoms with van der Waals surface area (Å²) in [6.07, 6.45) is -2.02. The number of Topliss-reactive ketones (excluding diaryl/α,β-unsaturated/α-hetero) is 2. The summed E-state index contributed by atoms with van der Waals surface area (Å²) < 4.78 is 0. The first-order valence-corrected chi connectivity index (χ1v) is 7.54. The fraction of sp³-hybridized carbons (Fsp3) is 0.222. The SMILES string of the molecule is O=C1c2ccccc2C(O)C1(O)C1(O)C(=O)c2ccccc2C1(O)O. The summed E-state index contributed by atoms with van der Waals surface area (Å²) >= 11 is 0. The van der Waals surface area contributed by atoms with Crippen molar-refractivity contribution in [3.8, 4) is 0 Å². The van der Waals surface area contributed by atoms with Gasteiger partial charge in [-0.3, -0.25) is 9.59 Å². The molecule has 5 N–H and O–H groups in total. The molecule has 0 spiro atoms. The van der Waals surface area contributed by atoms with Gasteiger partial charge in [-0.25, -0.2) is 0 Å². The van der Waals surface area contributed by atoms with E-state index in [-0.39, 0.29) is 22.3 Å². The molecule has 25 heavy (non-hydrogen) atoms. The van der Waals surface area contributed by atoms with Crippen LogP contribution in [0.25, 0.3) is 0 Å². The van der Waals surface area contributed by atoms with Gasteiger partial charge in [-0.15, -0.1) is 0 Å². The van der Waals surface area contributed by atoms with E-state index >= 15 is 0 Å². The maximum absolute atomic E-state index is 12.8. The van der Waals surface area contributed by atoms with Gasteiger partial charge in [0, 0.05) is 16.7 Å². The van der Waals surface area contributed by atoms with Crippen molar-refractivity contribution in [1.29, 1.82) is 0 Å². The first-order valence-electron chi connectivity index (χ1n) is 7.54. The second kappa shape index (κ2) is 4.60. The average Bonchev–Trinajstić information content (AvgIpc) is 2.92. The molecule has 0 amide bonds. The lowest BCUT2D eigenvalue weighted by Crippen LogP contribution is -2.71. The summed E-state index contributed by atoms with van der Waals surface area (Å²) in [5.41, 5.74) is -7.25. The Morgan fingerprint density at radius 3 is 1.92 bits per heavy atom. The number of aliphatic hydroxyl groups excluding tert-OH is 1. The molecule has 2 aliphatic rings. The van der Waals surface area contributed by atoms with Crippen molar-refractivity contribution in [3.05, 3.63) is 70.8 Å². The molecule has 128 valence electrons. The van der Waals surface area contributed by atoms with Gasteiger partial charge in [0.1, 0.15) is 6.10 Å². The van der Waals surface area contributed by atoms with Gasteiger partial charge < -0.3 is 25.5 Å². The van der Waals surface area contributed by atoms with Crippen molar-refractivity contribution < 1.29 is 35.1 Å². The Labute approximate surface area is 141 Å². The van der Waals surface area contributed by atoms with E-state index in [1.807, 2.05) is 0 Å². The number of carbonyl (C=O) groups excluding carboxylic acids is 2. The Morgan fingerprint density at radius 2 is 1.32 bits per heavy atom. The topological polar surface area (TPSA) is 135 Å². The zero-order valence-corrected chi connectivity index (χ0v) is 12.7. The first-order chi connectivity index (χ1) is 11.7. The van der Waals surface area contributed by atoms with Crippen LogP contribution >= 0.6 is 0 Å². The van der Waals surface area contributed by atoms with Gasteiger partial charge in [0.25, 0.3) is 0 Å². The predicted octanol–water partition coefficient (Wildman–Crippen LogP) is -0.588. The average molecular weight is 342 g/mol. The number of hydrogen-bond acceptors (Lipinski definition) is 7. The van der Waals surface area contributed by atoms with E-state index in [0.29, 0.717) is 0 Å². The van der Waals surface area contributed by atoms with E-state index < -0.39 is 34.7 Å². The lowest BCUT2D eigenvalue weighted by molar-refractivity contribution is -0.308. The van der Waals surface area contributed by atoms with Crippen molar-refractivity contribution >= 4 is 11.6 Å². The maximum atomic E-state index is 12.8. The van der Waals surface area contributed by atoms with Crippen LogP contribution in [-0.2, 0) is 5.79 Å². The Kier molecular flexibility index (Phi) is 2.96. The molecule has 0 bridgehead atoms. The molecule has 2 aromatic rings. The highest BCUT2D eigenvalue weighted by Gasteiger charge is 2.78. The molecular formula is C18H14O7. The van der Waals surface area contributed by atoms with Crippen LogP contribution in [0.2, 0.25) is 0 Å². The zero-order valence-electron chi connectivity index (χ0n) is 12.7. The van der Waals surface area contributed by atoms with Crippen LogP contribution in [0.1, 0.15) is 37.9 Å². The minimum Gasteiger partial charge on any atom is -0.385 e. The fourth-order valence-electron chi connectivity index (χ4n) is 3.83. The Hall–Kier alpha value is -2.42. The van der Waals surface area contributed by atoms with Gasteiger partial charge in [0.15, 0.2) is 5.60 Å². The van der Waals surface area contributed by atoms with E-state index in [1.165, 1.54) is 48.5 Å². The molecule has 0 saturated carbocycles. The zero-order chi connectivity index (χ0) is 18.2. The minimum atomic E-state index is -3.38. The van der Waals surface area contributed by atoms with Crippen molar-refractivity contribution in [2.75, 3.05) is 0 Å². The molecule has 3 atom stereocenters. The second-order valence-electron chi connectivity index (χ2n) is 6.34. The molecule has 0 saturated heterocycles. The quantitative estimate of drug-likeness (QED) is 0.437. The Morgan fingerprint density at radius 1 is 0.760 bits per heavy atom. The van der Waals surface area contributed by atoms with Crippen LogP contribution in [-0.4, -0.2) is 48.3 Å². The number of carbonyl (C=O) groups is 2. The molecule has 2 aliphatic carbocycles. The lowest BCUT2D eigenvalue weighted by atomic mass is 9.72. The molecule has 7 nitrogen and oxygen atoms in total. The number of aliphatic hydroxyl groups is 5. The van der Waals surface area contributed by atoms with E-state index in [2.05, 4.69) is 0 Å². The third kappa shape index (κ3) is 1.53. The molecule has 0 heterocycles. The number of rotatable bonds is 1. The van der Waals surface area contributed by atoms with E-state index in [1.54, 1.807) is 0 Å². The summed E-state index contributed by atoms with van der Waals surface area (Å²) in [6, 6.07) is 10.9. The third-order valence-electron chi connectivity index (χ3n) is 5.17. The Bertz CT molecular complexity index is 935.